The zero-order valence-corrected chi connectivity index (χ0v) is 22.3. The fraction of sp³-hybridized carbons (Fsp3) is 0.577. The predicted molar refractivity (Wildman–Crippen MR) is 136 cm³/mol. The van der Waals surface area contributed by atoms with Crippen LogP contribution in [0.15, 0.2) is 30.6 Å². The number of amides is 2. The van der Waals surface area contributed by atoms with Crippen LogP contribution in [-0.4, -0.2) is 58.5 Å². The van der Waals surface area contributed by atoms with Gasteiger partial charge in [-0.25, -0.2) is 4.79 Å². The predicted octanol–water partition coefficient (Wildman–Crippen LogP) is 5.38. The average molecular weight is 554 g/mol. The summed E-state index contributed by atoms with van der Waals surface area (Å²) in [4.78, 5) is 29.8. The van der Waals surface area contributed by atoms with E-state index in [1.165, 1.54) is 6.07 Å². The lowest BCUT2D eigenvalue weighted by atomic mass is 9.76. The Morgan fingerprint density at radius 1 is 1.11 bits per heavy atom. The van der Waals surface area contributed by atoms with Crippen molar-refractivity contribution in [2.24, 2.45) is 11.8 Å². The molecule has 12 heteroatoms. The fourth-order valence-electron chi connectivity index (χ4n) is 5.49. The Morgan fingerprint density at radius 2 is 1.76 bits per heavy atom. The second-order valence-electron chi connectivity index (χ2n) is 11.5. The van der Waals surface area contributed by atoms with E-state index in [1.54, 1.807) is 15.8 Å². The summed E-state index contributed by atoms with van der Waals surface area (Å²) < 4.78 is 46.1. The molecule has 2 atom stereocenters. The number of alkyl halides is 3. The maximum absolute atomic E-state index is 13.3. The molecule has 3 aliphatic rings. The minimum Gasteiger partial charge on any atom is -0.444 e. The number of anilines is 2. The normalized spacial score (nSPS) is 22.7. The number of likely N-dealkylation sites (tertiary alicyclic amines) is 1. The fourth-order valence-corrected chi connectivity index (χ4v) is 5.72. The molecule has 2 aromatic rings. The molecule has 1 saturated carbocycles. The molecule has 3 fully saturated rings. The van der Waals surface area contributed by atoms with E-state index < -0.39 is 22.9 Å². The van der Waals surface area contributed by atoms with Crippen molar-refractivity contribution >= 4 is 35.0 Å². The molecule has 2 saturated heterocycles. The van der Waals surface area contributed by atoms with Crippen molar-refractivity contribution in [1.29, 1.82) is 0 Å². The highest BCUT2D eigenvalue weighted by Crippen LogP contribution is 2.42. The molecule has 38 heavy (non-hydrogen) atoms. The highest BCUT2D eigenvalue weighted by Gasteiger charge is 2.48. The molecule has 0 unspecified atom stereocenters. The number of hydrogen-bond acceptors (Lipinski definition) is 5. The van der Waals surface area contributed by atoms with Crippen LogP contribution in [0.1, 0.15) is 45.6 Å². The van der Waals surface area contributed by atoms with E-state index in [1.807, 2.05) is 27.0 Å². The molecular formula is C26H31ClF3N5O3. The minimum absolute atomic E-state index is 0.130. The van der Waals surface area contributed by atoms with Gasteiger partial charge in [0.2, 0.25) is 0 Å². The van der Waals surface area contributed by atoms with Gasteiger partial charge in [0.1, 0.15) is 11.1 Å². The summed E-state index contributed by atoms with van der Waals surface area (Å²) in [5, 5.41) is 7.05. The average Bonchev–Trinajstić information content (AvgIpc) is 3.47. The van der Waals surface area contributed by atoms with Gasteiger partial charge < -0.3 is 19.9 Å². The third-order valence-electron chi connectivity index (χ3n) is 7.66. The first-order chi connectivity index (χ1) is 17.7. The van der Waals surface area contributed by atoms with Crippen LogP contribution in [0.3, 0.4) is 0 Å². The molecule has 0 spiro atoms. The van der Waals surface area contributed by atoms with E-state index in [-0.39, 0.29) is 22.7 Å². The summed E-state index contributed by atoms with van der Waals surface area (Å²) in [6, 6.07) is 2.88. The van der Waals surface area contributed by atoms with Crippen LogP contribution in [-0.2, 0) is 21.2 Å². The number of halogens is 4. The van der Waals surface area contributed by atoms with Gasteiger partial charge in [-0.05, 0) is 58.2 Å². The Morgan fingerprint density at radius 3 is 2.29 bits per heavy atom. The van der Waals surface area contributed by atoms with E-state index >= 15 is 0 Å². The molecule has 3 heterocycles. The smallest absolute Gasteiger partial charge is 0.416 e. The summed E-state index contributed by atoms with van der Waals surface area (Å²) in [5.41, 5.74) is -1.30. The summed E-state index contributed by atoms with van der Waals surface area (Å²) in [5.74, 6) is 0.300. The van der Waals surface area contributed by atoms with Gasteiger partial charge in [-0.2, -0.15) is 18.3 Å². The number of carbonyl (C=O) groups excluding carboxylic acids is 2. The summed E-state index contributed by atoms with van der Waals surface area (Å²) in [6.07, 6.45) is 0.762. The number of benzene rings is 1. The van der Waals surface area contributed by atoms with Gasteiger partial charge in [0.05, 0.1) is 28.2 Å². The third-order valence-corrected chi connectivity index (χ3v) is 7.97. The van der Waals surface area contributed by atoms with E-state index in [0.29, 0.717) is 37.8 Å². The molecule has 2 amide bonds. The maximum Gasteiger partial charge on any atom is 0.416 e. The van der Waals surface area contributed by atoms with Crippen molar-refractivity contribution in [3.8, 4) is 0 Å². The third kappa shape index (κ3) is 5.04. The number of hydrogen-bond donors (Lipinski definition) is 1. The second kappa shape index (κ2) is 9.36. The van der Waals surface area contributed by atoms with Crippen molar-refractivity contribution in [3.63, 3.8) is 0 Å². The molecule has 1 N–H and O–H groups in total. The summed E-state index contributed by atoms with van der Waals surface area (Å²) in [7, 11) is 0. The summed E-state index contributed by atoms with van der Waals surface area (Å²) in [6.45, 7) is 8.40. The Hall–Kier alpha value is -2.95. The van der Waals surface area contributed by atoms with Crippen LogP contribution < -0.4 is 10.2 Å². The first kappa shape index (κ1) is 26.6. The van der Waals surface area contributed by atoms with Gasteiger partial charge in [0, 0.05) is 44.2 Å². The molecule has 1 aromatic carbocycles. The van der Waals surface area contributed by atoms with Crippen LogP contribution >= 0.6 is 11.6 Å². The molecule has 5 rings (SSSR count). The van der Waals surface area contributed by atoms with E-state index in [0.717, 1.165) is 37.3 Å². The van der Waals surface area contributed by atoms with E-state index in [2.05, 4.69) is 15.3 Å². The molecular weight excluding hydrogens is 523 g/mol. The lowest BCUT2D eigenvalue weighted by molar-refractivity contribution is -0.137. The topological polar surface area (TPSA) is 79.7 Å². The van der Waals surface area contributed by atoms with Crippen molar-refractivity contribution in [2.75, 3.05) is 36.4 Å². The molecule has 0 radical (unpaired) electrons. The molecule has 1 aliphatic carbocycles. The van der Waals surface area contributed by atoms with Crippen LogP contribution in [0.5, 0.6) is 0 Å². The van der Waals surface area contributed by atoms with E-state index in [9.17, 15) is 22.8 Å². The lowest BCUT2D eigenvalue weighted by Crippen LogP contribution is -2.51. The van der Waals surface area contributed by atoms with Gasteiger partial charge >= 0.3 is 12.3 Å². The number of fused-ring (bicyclic) bond motifs is 1. The number of nitrogens with zero attached hydrogens (tertiary/aromatic N) is 4. The number of nitrogens with one attached hydrogen (secondary N) is 1. The first-order valence-corrected chi connectivity index (χ1v) is 13.1. The maximum atomic E-state index is 13.3. The standard InChI is InChI=1S/C26H31ClF3N5O3/c1-24(2,3)38-23(37)34-13-16-11-33(12-17(16)14-34)19-10-31-35(15-19)25(7-4-8-25)22(36)32-21-6-5-18(9-20(21)27)26(28,29)30/h5-6,9-10,15-17H,4,7-8,11-14H2,1-3H3,(H,32,36)/t16-,17+. The Bertz CT molecular complexity index is 1220. The van der Waals surface area contributed by atoms with Gasteiger partial charge in [0.15, 0.2) is 0 Å². The quantitative estimate of drug-likeness (QED) is 0.550. The lowest BCUT2D eigenvalue weighted by Gasteiger charge is -2.40. The van der Waals surface area contributed by atoms with Gasteiger partial charge in [-0.1, -0.05) is 11.6 Å². The summed E-state index contributed by atoms with van der Waals surface area (Å²) >= 11 is 6.06. The van der Waals surface area contributed by atoms with E-state index in [4.69, 9.17) is 16.3 Å². The van der Waals surface area contributed by atoms with Crippen molar-refractivity contribution in [1.82, 2.24) is 14.7 Å². The first-order valence-electron chi connectivity index (χ1n) is 12.7. The zero-order valence-electron chi connectivity index (χ0n) is 21.5. The zero-order chi connectivity index (χ0) is 27.5. The second-order valence-corrected chi connectivity index (χ2v) is 11.9. The number of ether oxygens (including phenoxy) is 1. The van der Waals surface area contributed by atoms with Crippen LogP contribution in [0.2, 0.25) is 5.02 Å². The monoisotopic (exact) mass is 553 g/mol. The molecule has 0 bridgehead atoms. The Balaban J connectivity index is 1.24. The van der Waals surface area contributed by atoms with Crippen molar-refractivity contribution < 1.29 is 27.5 Å². The highest BCUT2D eigenvalue weighted by atomic mass is 35.5. The SMILES string of the molecule is CC(C)(C)OC(=O)N1C[C@@H]2CN(c3cnn(C4(C(=O)Nc5ccc(C(F)(F)F)cc5Cl)CCC4)c3)C[C@@H]2C1. The van der Waals surface area contributed by atoms with Crippen molar-refractivity contribution in [2.45, 2.75) is 57.3 Å². The van der Waals surface area contributed by atoms with Crippen LogP contribution in [0, 0.1) is 11.8 Å². The Kier molecular flexibility index (Phi) is 6.56. The van der Waals surface area contributed by atoms with Gasteiger partial charge in [-0.3, -0.25) is 9.48 Å². The number of rotatable bonds is 4. The highest BCUT2D eigenvalue weighted by molar-refractivity contribution is 6.33. The van der Waals surface area contributed by atoms with Gasteiger partial charge in [0.25, 0.3) is 5.91 Å². The molecule has 206 valence electrons. The van der Waals surface area contributed by atoms with Crippen molar-refractivity contribution in [3.05, 3.63) is 41.2 Å². The number of carbonyl (C=O) groups is 2. The van der Waals surface area contributed by atoms with Crippen LogP contribution in [0.4, 0.5) is 29.3 Å². The molecule has 1 aromatic heterocycles. The largest absolute Gasteiger partial charge is 0.444 e. The number of aromatic nitrogens is 2. The van der Waals surface area contributed by atoms with Gasteiger partial charge in [-0.15, -0.1) is 0 Å². The Labute approximate surface area is 224 Å². The molecule has 2 aliphatic heterocycles. The molecule has 8 nitrogen and oxygen atoms in total. The minimum atomic E-state index is -4.52. The van der Waals surface area contributed by atoms with Crippen LogP contribution in [0.25, 0.3) is 0 Å².